The molecule has 0 aliphatic rings. The SMILES string of the molecule is Cc1cc(Oc2ccc(Cl)cc2C)c2ccccc2n1. The predicted octanol–water partition coefficient (Wildman–Crippen LogP) is 5.30. The van der Waals surface area contributed by atoms with Gasteiger partial charge in [0.2, 0.25) is 0 Å². The standard InChI is InChI=1S/C17H14ClNO/c1-11-9-13(18)7-8-16(11)20-17-10-12(2)19-15-6-4-3-5-14(15)17/h3-10H,1-2H3. The molecule has 3 aromatic rings. The Bertz CT molecular complexity index is 783. The van der Waals surface area contributed by atoms with Crippen molar-refractivity contribution in [1.82, 2.24) is 4.98 Å². The largest absolute Gasteiger partial charge is 0.456 e. The van der Waals surface area contributed by atoms with Gasteiger partial charge in [-0.1, -0.05) is 23.7 Å². The van der Waals surface area contributed by atoms with E-state index in [-0.39, 0.29) is 0 Å². The summed E-state index contributed by atoms with van der Waals surface area (Å²) in [5.41, 5.74) is 2.88. The van der Waals surface area contributed by atoms with Crippen LogP contribution >= 0.6 is 11.6 Å². The van der Waals surface area contributed by atoms with Crippen molar-refractivity contribution in [2.75, 3.05) is 0 Å². The molecule has 100 valence electrons. The lowest BCUT2D eigenvalue weighted by Gasteiger charge is -2.12. The molecule has 2 aromatic carbocycles. The van der Waals surface area contributed by atoms with E-state index in [1.807, 2.05) is 62.4 Å². The molecular formula is C17H14ClNO. The highest BCUT2D eigenvalue weighted by atomic mass is 35.5. The van der Waals surface area contributed by atoms with Gasteiger partial charge in [-0.15, -0.1) is 0 Å². The summed E-state index contributed by atoms with van der Waals surface area (Å²) in [7, 11) is 0. The summed E-state index contributed by atoms with van der Waals surface area (Å²) >= 11 is 5.97. The molecule has 0 aliphatic carbocycles. The lowest BCUT2D eigenvalue weighted by molar-refractivity contribution is 0.483. The minimum atomic E-state index is 0.714. The third kappa shape index (κ3) is 2.47. The van der Waals surface area contributed by atoms with Gasteiger partial charge in [0.15, 0.2) is 0 Å². The number of hydrogen-bond acceptors (Lipinski definition) is 2. The Morgan fingerprint density at radius 2 is 1.75 bits per heavy atom. The smallest absolute Gasteiger partial charge is 0.138 e. The van der Waals surface area contributed by atoms with Crippen molar-refractivity contribution in [3.8, 4) is 11.5 Å². The van der Waals surface area contributed by atoms with Crippen LogP contribution in [0.5, 0.6) is 11.5 Å². The number of aromatic nitrogens is 1. The molecule has 0 bridgehead atoms. The predicted molar refractivity (Wildman–Crippen MR) is 82.7 cm³/mol. The van der Waals surface area contributed by atoms with Crippen molar-refractivity contribution in [3.05, 3.63) is 64.8 Å². The Hall–Kier alpha value is -2.06. The van der Waals surface area contributed by atoms with E-state index in [2.05, 4.69) is 4.98 Å². The van der Waals surface area contributed by atoms with E-state index in [1.54, 1.807) is 0 Å². The van der Waals surface area contributed by atoms with Gasteiger partial charge in [-0.25, -0.2) is 0 Å². The molecule has 0 N–H and O–H groups in total. The summed E-state index contributed by atoms with van der Waals surface area (Å²) < 4.78 is 6.06. The summed E-state index contributed by atoms with van der Waals surface area (Å²) in [4.78, 5) is 4.51. The van der Waals surface area contributed by atoms with Gasteiger partial charge in [0.05, 0.1) is 5.52 Å². The van der Waals surface area contributed by atoms with E-state index in [1.165, 1.54) is 0 Å². The molecule has 0 fully saturated rings. The molecule has 0 saturated heterocycles. The van der Waals surface area contributed by atoms with Crippen LogP contribution in [0.25, 0.3) is 10.9 Å². The van der Waals surface area contributed by atoms with Gasteiger partial charge in [0.25, 0.3) is 0 Å². The zero-order chi connectivity index (χ0) is 14.1. The average molecular weight is 284 g/mol. The zero-order valence-electron chi connectivity index (χ0n) is 11.4. The minimum absolute atomic E-state index is 0.714. The number of fused-ring (bicyclic) bond motifs is 1. The van der Waals surface area contributed by atoms with Crippen LogP contribution in [0.15, 0.2) is 48.5 Å². The Labute approximate surface area is 123 Å². The molecule has 0 spiro atoms. The molecule has 0 atom stereocenters. The van der Waals surface area contributed by atoms with E-state index in [9.17, 15) is 0 Å². The fourth-order valence-electron chi connectivity index (χ4n) is 2.20. The van der Waals surface area contributed by atoms with Crippen molar-refractivity contribution >= 4 is 22.5 Å². The fourth-order valence-corrected chi connectivity index (χ4v) is 2.43. The van der Waals surface area contributed by atoms with Crippen LogP contribution < -0.4 is 4.74 Å². The summed E-state index contributed by atoms with van der Waals surface area (Å²) in [5, 5.41) is 1.72. The van der Waals surface area contributed by atoms with Gasteiger partial charge in [-0.05, 0) is 49.7 Å². The van der Waals surface area contributed by atoms with Crippen molar-refractivity contribution in [2.24, 2.45) is 0 Å². The maximum atomic E-state index is 6.06. The van der Waals surface area contributed by atoms with Gasteiger partial charge in [0.1, 0.15) is 11.5 Å². The highest BCUT2D eigenvalue weighted by molar-refractivity contribution is 6.30. The van der Waals surface area contributed by atoms with Gasteiger partial charge in [0, 0.05) is 22.2 Å². The highest BCUT2D eigenvalue weighted by Crippen LogP contribution is 2.32. The van der Waals surface area contributed by atoms with Crippen LogP contribution in [0.1, 0.15) is 11.3 Å². The maximum absolute atomic E-state index is 6.06. The van der Waals surface area contributed by atoms with Crippen LogP contribution in [-0.4, -0.2) is 4.98 Å². The van der Waals surface area contributed by atoms with Crippen molar-refractivity contribution in [3.63, 3.8) is 0 Å². The quantitative estimate of drug-likeness (QED) is 0.637. The molecule has 3 heteroatoms. The molecule has 1 heterocycles. The van der Waals surface area contributed by atoms with E-state index in [0.29, 0.717) is 5.02 Å². The lowest BCUT2D eigenvalue weighted by atomic mass is 10.2. The topological polar surface area (TPSA) is 22.1 Å². The first kappa shape index (κ1) is 12.9. The van der Waals surface area contributed by atoms with Crippen molar-refractivity contribution in [1.29, 1.82) is 0 Å². The number of aryl methyl sites for hydroxylation is 2. The van der Waals surface area contributed by atoms with Crippen LogP contribution in [0, 0.1) is 13.8 Å². The van der Waals surface area contributed by atoms with Gasteiger partial charge < -0.3 is 4.74 Å². The minimum Gasteiger partial charge on any atom is -0.456 e. The zero-order valence-corrected chi connectivity index (χ0v) is 12.1. The number of para-hydroxylation sites is 1. The Morgan fingerprint density at radius 3 is 2.55 bits per heavy atom. The van der Waals surface area contributed by atoms with E-state index < -0.39 is 0 Å². The number of ether oxygens (including phenoxy) is 1. The normalized spacial score (nSPS) is 10.8. The first-order chi connectivity index (χ1) is 9.63. The molecule has 0 aliphatic heterocycles. The third-order valence-corrected chi connectivity index (χ3v) is 3.40. The maximum Gasteiger partial charge on any atom is 0.138 e. The van der Waals surface area contributed by atoms with Crippen LogP contribution in [-0.2, 0) is 0 Å². The third-order valence-electron chi connectivity index (χ3n) is 3.16. The molecule has 0 saturated carbocycles. The van der Waals surface area contributed by atoms with Gasteiger partial charge in [-0.3, -0.25) is 4.98 Å². The van der Waals surface area contributed by atoms with Crippen molar-refractivity contribution in [2.45, 2.75) is 13.8 Å². The lowest BCUT2D eigenvalue weighted by Crippen LogP contribution is -1.92. The van der Waals surface area contributed by atoms with E-state index >= 15 is 0 Å². The summed E-state index contributed by atoms with van der Waals surface area (Å²) in [6.07, 6.45) is 0. The Balaban J connectivity index is 2.10. The highest BCUT2D eigenvalue weighted by Gasteiger charge is 2.08. The van der Waals surface area contributed by atoms with E-state index in [0.717, 1.165) is 33.7 Å². The monoisotopic (exact) mass is 283 g/mol. The van der Waals surface area contributed by atoms with Crippen LogP contribution in [0.2, 0.25) is 5.02 Å². The Morgan fingerprint density at radius 1 is 0.950 bits per heavy atom. The van der Waals surface area contributed by atoms with Crippen LogP contribution in [0.3, 0.4) is 0 Å². The van der Waals surface area contributed by atoms with Gasteiger partial charge in [-0.2, -0.15) is 0 Å². The first-order valence-electron chi connectivity index (χ1n) is 6.44. The summed E-state index contributed by atoms with van der Waals surface area (Å²) in [5.74, 6) is 1.63. The molecule has 0 unspecified atom stereocenters. The molecule has 3 rings (SSSR count). The molecule has 0 radical (unpaired) electrons. The summed E-state index contributed by atoms with van der Waals surface area (Å²) in [6, 6.07) is 15.5. The molecule has 1 aromatic heterocycles. The van der Waals surface area contributed by atoms with E-state index in [4.69, 9.17) is 16.3 Å². The number of rotatable bonds is 2. The average Bonchev–Trinajstić information content (AvgIpc) is 2.41. The number of hydrogen-bond donors (Lipinski definition) is 0. The number of benzene rings is 2. The first-order valence-corrected chi connectivity index (χ1v) is 6.82. The molecule has 2 nitrogen and oxygen atoms in total. The van der Waals surface area contributed by atoms with Gasteiger partial charge >= 0.3 is 0 Å². The second kappa shape index (κ2) is 5.14. The van der Waals surface area contributed by atoms with Crippen molar-refractivity contribution < 1.29 is 4.74 Å². The van der Waals surface area contributed by atoms with Crippen LogP contribution in [0.4, 0.5) is 0 Å². The second-order valence-electron chi connectivity index (χ2n) is 4.79. The number of nitrogens with zero attached hydrogens (tertiary/aromatic N) is 1. The Kier molecular flexibility index (Phi) is 3.33. The molecular weight excluding hydrogens is 270 g/mol. The second-order valence-corrected chi connectivity index (χ2v) is 5.23. The molecule has 0 amide bonds. The summed E-state index contributed by atoms with van der Waals surface area (Å²) in [6.45, 7) is 3.95. The fraction of sp³-hybridized carbons (Fsp3) is 0.118. The number of halogens is 1. The number of pyridine rings is 1. The molecule has 20 heavy (non-hydrogen) atoms.